The van der Waals surface area contributed by atoms with E-state index in [1.165, 1.54) is 4.90 Å². The zero-order chi connectivity index (χ0) is 20.5. The van der Waals surface area contributed by atoms with Crippen LogP contribution in [-0.4, -0.2) is 21.8 Å². The van der Waals surface area contributed by atoms with Crippen LogP contribution in [0.4, 0.5) is 5.82 Å². The summed E-state index contributed by atoms with van der Waals surface area (Å²) in [5, 5.41) is 11.0. The van der Waals surface area contributed by atoms with E-state index < -0.39 is 17.7 Å². The highest BCUT2D eigenvalue weighted by atomic mass is 16.3. The third-order valence-corrected chi connectivity index (χ3v) is 5.09. The van der Waals surface area contributed by atoms with Crippen molar-refractivity contribution in [1.29, 1.82) is 0 Å². The molecule has 1 amide bonds. The number of ketones is 1. The number of Topliss-reactive ketones (excluding diaryl/α,β-unsaturated/α-hetero) is 1. The molecule has 0 bridgehead atoms. The Balaban J connectivity index is 1.97. The van der Waals surface area contributed by atoms with Gasteiger partial charge in [-0.05, 0) is 31.0 Å². The number of aliphatic hydroxyl groups is 1. The Morgan fingerprint density at radius 1 is 0.931 bits per heavy atom. The van der Waals surface area contributed by atoms with E-state index in [1.807, 2.05) is 50.2 Å². The van der Waals surface area contributed by atoms with Gasteiger partial charge in [0.25, 0.3) is 5.78 Å². The number of aromatic nitrogens is 1. The summed E-state index contributed by atoms with van der Waals surface area (Å²) in [7, 11) is 0. The lowest BCUT2D eigenvalue weighted by Crippen LogP contribution is -2.30. The normalized spacial score (nSPS) is 18.3. The standard InChI is InChI=1S/C24H20N2O3/c1-15-10-12-17(13-11-15)20-19(21(27)18-8-4-3-5-9-18)22(28)24(29)26(20)23-16(2)7-6-14-25-23/h3-14,20,27H,1-2H3. The van der Waals surface area contributed by atoms with Crippen molar-refractivity contribution < 1.29 is 14.7 Å². The first-order valence-electron chi connectivity index (χ1n) is 9.33. The van der Waals surface area contributed by atoms with Gasteiger partial charge in [-0.15, -0.1) is 0 Å². The van der Waals surface area contributed by atoms with Crippen LogP contribution in [-0.2, 0) is 9.59 Å². The van der Waals surface area contributed by atoms with Crippen LogP contribution in [0.15, 0.2) is 78.5 Å². The number of hydrogen-bond donors (Lipinski definition) is 1. The van der Waals surface area contributed by atoms with Crippen LogP contribution < -0.4 is 4.90 Å². The van der Waals surface area contributed by atoms with Gasteiger partial charge in [0.15, 0.2) is 0 Å². The van der Waals surface area contributed by atoms with E-state index in [0.717, 1.165) is 16.7 Å². The maximum atomic E-state index is 13.0. The van der Waals surface area contributed by atoms with E-state index in [2.05, 4.69) is 4.98 Å². The minimum Gasteiger partial charge on any atom is -0.507 e. The summed E-state index contributed by atoms with van der Waals surface area (Å²) in [6.45, 7) is 3.80. The smallest absolute Gasteiger partial charge is 0.301 e. The second-order valence-corrected chi connectivity index (χ2v) is 7.09. The van der Waals surface area contributed by atoms with Crippen LogP contribution in [0.25, 0.3) is 5.76 Å². The van der Waals surface area contributed by atoms with Crippen LogP contribution in [0.2, 0.25) is 0 Å². The maximum Gasteiger partial charge on any atom is 0.301 e. The molecular weight excluding hydrogens is 364 g/mol. The van der Waals surface area contributed by atoms with Gasteiger partial charge in [-0.1, -0.05) is 66.2 Å². The van der Waals surface area contributed by atoms with Gasteiger partial charge >= 0.3 is 5.91 Å². The van der Waals surface area contributed by atoms with Crippen molar-refractivity contribution in [3.05, 3.63) is 101 Å². The van der Waals surface area contributed by atoms with Crippen molar-refractivity contribution >= 4 is 23.3 Å². The molecule has 144 valence electrons. The van der Waals surface area contributed by atoms with Gasteiger partial charge in [0.2, 0.25) is 0 Å². The SMILES string of the molecule is Cc1ccc(C2C(=C(O)c3ccccc3)C(=O)C(=O)N2c2ncccc2C)cc1. The number of benzene rings is 2. The third-order valence-electron chi connectivity index (χ3n) is 5.09. The molecule has 3 aromatic rings. The minimum absolute atomic E-state index is 0.0649. The Kier molecular flexibility index (Phi) is 4.72. The molecule has 1 aromatic heterocycles. The van der Waals surface area contributed by atoms with E-state index in [0.29, 0.717) is 11.4 Å². The summed E-state index contributed by atoms with van der Waals surface area (Å²) in [6, 6.07) is 19.2. The summed E-state index contributed by atoms with van der Waals surface area (Å²) >= 11 is 0. The lowest BCUT2D eigenvalue weighted by molar-refractivity contribution is -0.132. The fraction of sp³-hybridized carbons (Fsp3) is 0.125. The van der Waals surface area contributed by atoms with Crippen LogP contribution in [0.3, 0.4) is 0 Å². The lowest BCUT2D eigenvalue weighted by atomic mass is 9.94. The number of aliphatic hydroxyl groups excluding tert-OH is 1. The van der Waals surface area contributed by atoms with Crippen molar-refractivity contribution in [3.8, 4) is 0 Å². The fourth-order valence-electron chi connectivity index (χ4n) is 3.60. The zero-order valence-corrected chi connectivity index (χ0v) is 16.2. The molecule has 0 aliphatic carbocycles. The van der Waals surface area contributed by atoms with Crippen molar-refractivity contribution in [2.75, 3.05) is 4.90 Å². The van der Waals surface area contributed by atoms with E-state index in [9.17, 15) is 14.7 Å². The Labute approximate surface area is 169 Å². The molecule has 5 heteroatoms. The number of carbonyl (C=O) groups is 2. The van der Waals surface area contributed by atoms with Gasteiger partial charge in [0.05, 0.1) is 11.6 Å². The number of amides is 1. The van der Waals surface area contributed by atoms with Gasteiger partial charge in [0, 0.05) is 11.8 Å². The monoisotopic (exact) mass is 384 g/mol. The average Bonchev–Trinajstić information content (AvgIpc) is 3.00. The topological polar surface area (TPSA) is 70.5 Å². The summed E-state index contributed by atoms with van der Waals surface area (Å²) < 4.78 is 0. The van der Waals surface area contributed by atoms with Gasteiger partial charge in [-0.2, -0.15) is 0 Å². The average molecular weight is 384 g/mol. The minimum atomic E-state index is -0.760. The number of anilines is 1. The van der Waals surface area contributed by atoms with Gasteiger partial charge < -0.3 is 5.11 Å². The number of aryl methyl sites for hydroxylation is 2. The highest BCUT2D eigenvalue weighted by Gasteiger charge is 2.47. The van der Waals surface area contributed by atoms with Gasteiger partial charge in [-0.25, -0.2) is 4.98 Å². The molecule has 1 fully saturated rings. The molecule has 1 N–H and O–H groups in total. The van der Waals surface area contributed by atoms with E-state index >= 15 is 0 Å². The number of nitrogens with zero attached hydrogens (tertiary/aromatic N) is 2. The highest BCUT2D eigenvalue weighted by molar-refractivity contribution is 6.51. The maximum absolute atomic E-state index is 13.0. The number of carbonyl (C=O) groups excluding carboxylic acids is 2. The lowest BCUT2D eigenvalue weighted by Gasteiger charge is -2.25. The van der Waals surface area contributed by atoms with Crippen LogP contribution in [0.1, 0.15) is 28.3 Å². The van der Waals surface area contributed by atoms with Crippen LogP contribution >= 0.6 is 0 Å². The Morgan fingerprint density at radius 3 is 2.28 bits per heavy atom. The van der Waals surface area contributed by atoms with E-state index in [4.69, 9.17) is 0 Å². The second kappa shape index (κ2) is 7.36. The van der Waals surface area contributed by atoms with Crippen molar-refractivity contribution in [2.24, 2.45) is 0 Å². The first-order valence-corrected chi connectivity index (χ1v) is 9.33. The quantitative estimate of drug-likeness (QED) is 0.415. The molecule has 1 unspecified atom stereocenters. The summed E-state index contributed by atoms with van der Waals surface area (Å²) in [6.07, 6.45) is 1.59. The number of rotatable bonds is 3. The third kappa shape index (κ3) is 3.21. The first kappa shape index (κ1) is 18.6. The van der Waals surface area contributed by atoms with Crippen molar-refractivity contribution in [1.82, 2.24) is 4.98 Å². The van der Waals surface area contributed by atoms with E-state index in [-0.39, 0.29) is 11.3 Å². The summed E-state index contributed by atoms with van der Waals surface area (Å²) in [5.41, 5.74) is 3.11. The van der Waals surface area contributed by atoms with Crippen LogP contribution in [0.5, 0.6) is 0 Å². The predicted octanol–water partition coefficient (Wildman–Crippen LogP) is 4.32. The number of pyridine rings is 1. The van der Waals surface area contributed by atoms with Gasteiger partial charge in [0.1, 0.15) is 11.6 Å². The molecule has 1 aliphatic rings. The molecule has 1 atom stereocenters. The zero-order valence-electron chi connectivity index (χ0n) is 16.2. The first-order chi connectivity index (χ1) is 14.0. The Morgan fingerprint density at radius 2 is 1.62 bits per heavy atom. The van der Waals surface area contributed by atoms with E-state index in [1.54, 1.807) is 36.5 Å². The molecule has 0 spiro atoms. The Hall–Kier alpha value is -3.73. The fourth-order valence-corrected chi connectivity index (χ4v) is 3.60. The molecular formula is C24H20N2O3. The molecule has 2 heterocycles. The molecule has 4 rings (SSSR count). The van der Waals surface area contributed by atoms with Crippen molar-refractivity contribution in [2.45, 2.75) is 19.9 Å². The van der Waals surface area contributed by atoms with Crippen molar-refractivity contribution in [3.63, 3.8) is 0 Å². The summed E-state index contributed by atoms with van der Waals surface area (Å²) in [4.78, 5) is 31.8. The Bertz CT molecular complexity index is 1120. The predicted molar refractivity (Wildman–Crippen MR) is 111 cm³/mol. The number of hydrogen-bond acceptors (Lipinski definition) is 4. The highest BCUT2D eigenvalue weighted by Crippen LogP contribution is 2.42. The molecule has 0 radical (unpaired) electrons. The molecule has 29 heavy (non-hydrogen) atoms. The molecule has 2 aromatic carbocycles. The molecule has 1 saturated heterocycles. The van der Waals surface area contributed by atoms with Gasteiger partial charge in [-0.3, -0.25) is 14.5 Å². The second-order valence-electron chi connectivity index (χ2n) is 7.09. The largest absolute Gasteiger partial charge is 0.507 e. The summed E-state index contributed by atoms with van der Waals surface area (Å²) in [5.74, 6) is -1.20. The van der Waals surface area contributed by atoms with Crippen LogP contribution in [0, 0.1) is 13.8 Å². The molecule has 1 aliphatic heterocycles. The molecule has 5 nitrogen and oxygen atoms in total. The molecule has 0 saturated carbocycles.